The minimum Gasteiger partial charge on any atom is -0.545 e. The molecule has 0 unspecified atom stereocenters. The maximum Gasteiger partial charge on any atom is 1.00 e. The van der Waals surface area contributed by atoms with E-state index in [4.69, 9.17) is 9.47 Å². The topological polar surface area (TPSA) is 110 Å². The van der Waals surface area contributed by atoms with E-state index in [9.17, 15) is 9.90 Å². The summed E-state index contributed by atoms with van der Waals surface area (Å²) in [6, 6.07) is 8.17. The Bertz CT molecular complexity index is 915. The molecule has 0 aliphatic rings. The molecule has 1 aromatic carbocycles. The molecule has 0 saturated heterocycles. The van der Waals surface area contributed by atoms with Gasteiger partial charge in [0.05, 0.1) is 11.5 Å². The molecule has 0 bridgehead atoms. The van der Waals surface area contributed by atoms with Crippen LogP contribution < -0.4 is 44.1 Å². The van der Waals surface area contributed by atoms with E-state index in [1.807, 2.05) is 0 Å². The summed E-state index contributed by atoms with van der Waals surface area (Å²) in [6.07, 6.45) is 0. The monoisotopic (exact) mass is 388 g/mol. The average molecular weight is 388 g/mol. The molecule has 0 fully saturated rings. The van der Waals surface area contributed by atoms with Gasteiger partial charge in [0, 0.05) is 22.8 Å². The largest absolute Gasteiger partial charge is 1.00 e. The van der Waals surface area contributed by atoms with E-state index in [1.165, 1.54) is 12.1 Å². The van der Waals surface area contributed by atoms with Gasteiger partial charge in [0.2, 0.25) is 0 Å². The fraction of sp³-hybridized carbons (Fsp3) is 0.211. The number of aryl methyl sites for hydroxylation is 4. The van der Waals surface area contributed by atoms with E-state index in [0.29, 0.717) is 22.8 Å². The Kier molecular flexibility index (Phi) is 7.06. The molecule has 0 aliphatic heterocycles. The van der Waals surface area contributed by atoms with Crippen molar-refractivity contribution < 1.29 is 48.9 Å². The van der Waals surface area contributed by atoms with Crippen LogP contribution >= 0.6 is 0 Å². The summed E-state index contributed by atoms with van der Waals surface area (Å²) in [6.45, 7) is 7.16. The summed E-state index contributed by atoms with van der Waals surface area (Å²) < 4.78 is 11.2. The molecule has 2 aromatic heterocycles. The van der Waals surface area contributed by atoms with Crippen molar-refractivity contribution in [2.75, 3.05) is 0 Å². The predicted octanol–water partition coefficient (Wildman–Crippen LogP) is -0.548. The fourth-order valence-electron chi connectivity index (χ4n) is 2.56. The van der Waals surface area contributed by atoms with Crippen LogP contribution in [0.2, 0.25) is 0 Å². The number of aromatic nitrogens is 4. The number of carboxylic acid groups (broad SMARTS) is 1. The quantitative estimate of drug-likeness (QED) is 0.536. The molecule has 28 heavy (non-hydrogen) atoms. The number of ether oxygens (including phenoxy) is 2. The Morgan fingerprint density at radius 1 is 0.786 bits per heavy atom. The summed E-state index contributed by atoms with van der Waals surface area (Å²) in [5.74, 6) is -1.46. The number of carbonyl (C=O) groups is 1. The summed E-state index contributed by atoms with van der Waals surface area (Å²) in [7, 11) is 0. The minimum atomic E-state index is -1.46. The third kappa shape index (κ3) is 5.25. The van der Waals surface area contributed by atoms with E-state index >= 15 is 0 Å². The number of hydrogen-bond acceptors (Lipinski definition) is 8. The SMILES string of the molecule is Cc1cc(C)nc(Oc2cccc(Oc3nc(C)cc(C)n3)c2C(=O)[O-])n1.[Na+]. The molecule has 8 nitrogen and oxygen atoms in total. The van der Waals surface area contributed by atoms with Gasteiger partial charge in [-0.05, 0) is 52.0 Å². The second-order valence-corrected chi connectivity index (χ2v) is 5.99. The van der Waals surface area contributed by atoms with Crippen molar-refractivity contribution in [3.63, 3.8) is 0 Å². The Hall–Kier alpha value is -2.55. The zero-order chi connectivity index (χ0) is 19.6. The van der Waals surface area contributed by atoms with Crippen LogP contribution in [0.15, 0.2) is 30.3 Å². The van der Waals surface area contributed by atoms with Gasteiger partial charge < -0.3 is 19.4 Å². The second kappa shape index (κ2) is 9.09. The van der Waals surface area contributed by atoms with Crippen LogP contribution in [-0.2, 0) is 0 Å². The van der Waals surface area contributed by atoms with Crippen molar-refractivity contribution >= 4 is 5.97 Å². The molecule has 9 heteroatoms. The molecule has 0 saturated carbocycles. The van der Waals surface area contributed by atoms with Crippen molar-refractivity contribution in [2.45, 2.75) is 27.7 Å². The van der Waals surface area contributed by atoms with Crippen LogP contribution in [0.3, 0.4) is 0 Å². The summed E-state index contributed by atoms with van der Waals surface area (Å²) in [5, 5.41) is 11.7. The number of rotatable bonds is 5. The van der Waals surface area contributed by atoms with E-state index in [1.54, 1.807) is 45.9 Å². The summed E-state index contributed by atoms with van der Waals surface area (Å²) >= 11 is 0. The third-order valence-electron chi connectivity index (χ3n) is 3.52. The molecule has 0 aliphatic carbocycles. The number of hydrogen-bond donors (Lipinski definition) is 0. The standard InChI is InChI=1S/C19H18N4O4.Na/c1-10-8-11(2)21-18(20-10)26-14-6-5-7-15(16(14)17(24)25)27-19-22-12(3)9-13(4)23-19;/h5-9H,1-4H3,(H,24,25);/q;+1/p-1. The molecule has 138 valence electrons. The van der Waals surface area contributed by atoms with Gasteiger partial charge in [-0.25, -0.2) is 19.9 Å². The molecule has 0 N–H and O–H groups in total. The first kappa shape index (κ1) is 21.7. The van der Waals surface area contributed by atoms with Gasteiger partial charge in [0.15, 0.2) is 0 Å². The maximum absolute atomic E-state index is 11.7. The van der Waals surface area contributed by atoms with Gasteiger partial charge in [-0.1, -0.05) is 6.07 Å². The summed E-state index contributed by atoms with van der Waals surface area (Å²) in [4.78, 5) is 28.4. The molecule has 0 atom stereocenters. The van der Waals surface area contributed by atoms with E-state index in [0.717, 1.165) is 0 Å². The van der Waals surface area contributed by atoms with Gasteiger partial charge in [0.1, 0.15) is 11.5 Å². The Morgan fingerprint density at radius 3 is 1.46 bits per heavy atom. The number of nitrogens with zero attached hydrogens (tertiary/aromatic N) is 4. The van der Waals surface area contributed by atoms with Gasteiger partial charge in [-0.3, -0.25) is 0 Å². The minimum absolute atomic E-state index is 0. The van der Waals surface area contributed by atoms with Crippen molar-refractivity contribution in [2.24, 2.45) is 0 Å². The van der Waals surface area contributed by atoms with E-state index < -0.39 is 5.97 Å². The van der Waals surface area contributed by atoms with Crippen LogP contribution in [0, 0.1) is 27.7 Å². The molecule has 0 radical (unpaired) electrons. The number of aromatic carboxylic acids is 1. The van der Waals surface area contributed by atoms with Crippen LogP contribution in [-0.4, -0.2) is 25.9 Å². The number of benzene rings is 1. The zero-order valence-corrected chi connectivity index (χ0v) is 18.3. The van der Waals surface area contributed by atoms with Crippen LogP contribution in [0.25, 0.3) is 0 Å². The Morgan fingerprint density at radius 2 is 1.14 bits per heavy atom. The van der Waals surface area contributed by atoms with Crippen LogP contribution in [0.5, 0.6) is 23.5 Å². The van der Waals surface area contributed by atoms with Gasteiger partial charge >= 0.3 is 41.6 Å². The normalized spacial score (nSPS) is 10.1. The molecule has 0 amide bonds. The Balaban J connectivity index is 0.00000280. The van der Waals surface area contributed by atoms with Crippen molar-refractivity contribution in [1.82, 2.24) is 19.9 Å². The molecule has 3 rings (SSSR count). The molecule has 3 aromatic rings. The van der Waals surface area contributed by atoms with Crippen molar-refractivity contribution in [1.29, 1.82) is 0 Å². The van der Waals surface area contributed by atoms with Crippen molar-refractivity contribution in [3.05, 3.63) is 58.7 Å². The zero-order valence-electron chi connectivity index (χ0n) is 16.3. The second-order valence-electron chi connectivity index (χ2n) is 5.99. The van der Waals surface area contributed by atoms with Crippen LogP contribution in [0.1, 0.15) is 33.1 Å². The number of carboxylic acids is 1. The Labute approximate surface area is 184 Å². The van der Waals surface area contributed by atoms with Gasteiger partial charge in [-0.2, -0.15) is 0 Å². The average Bonchev–Trinajstić information content (AvgIpc) is 2.52. The van der Waals surface area contributed by atoms with E-state index in [-0.39, 0.29) is 58.6 Å². The number of carbonyl (C=O) groups excluding carboxylic acids is 1. The molecule has 0 spiro atoms. The summed E-state index contributed by atoms with van der Waals surface area (Å²) in [5.41, 5.74) is 2.52. The van der Waals surface area contributed by atoms with Crippen molar-refractivity contribution in [3.8, 4) is 23.5 Å². The first-order valence-corrected chi connectivity index (χ1v) is 8.16. The molecular weight excluding hydrogens is 371 g/mol. The molecular formula is C19H17N4NaO4. The van der Waals surface area contributed by atoms with E-state index in [2.05, 4.69) is 19.9 Å². The first-order chi connectivity index (χ1) is 12.8. The fourth-order valence-corrected chi connectivity index (χ4v) is 2.56. The predicted molar refractivity (Wildman–Crippen MR) is 93.9 cm³/mol. The molecule has 2 heterocycles. The smallest absolute Gasteiger partial charge is 0.545 e. The third-order valence-corrected chi connectivity index (χ3v) is 3.52. The first-order valence-electron chi connectivity index (χ1n) is 8.16. The maximum atomic E-state index is 11.7. The van der Waals surface area contributed by atoms with Crippen LogP contribution in [0.4, 0.5) is 0 Å². The van der Waals surface area contributed by atoms with Gasteiger partial charge in [-0.15, -0.1) is 0 Å². The van der Waals surface area contributed by atoms with Gasteiger partial charge in [0.25, 0.3) is 0 Å².